The lowest BCUT2D eigenvalue weighted by Gasteiger charge is -2.16. The molecule has 0 radical (unpaired) electrons. The molecule has 0 fully saturated rings. The van der Waals surface area contributed by atoms with E-state index in [4.69, 9.17) is 0 Å². The summed E-state index contributed by atoms with van der Waals surface area (Å²) in [5, 5.41) is 2.98. The molecule has 0 saturated carbocycles. The molecule has 0 saturated heterocycles. The lowest BCUT2D eigenvalue weighted by molar-refractivity contribution is -0.118. The molecule has 124 valence electrons. The minimum atomic E-state index is -0.119. The summed E-state index contributed by atoms with van der Waals surface area (Å²) in [5.41, 5.74) is 5.60. The van der Waals surface area contributed by atoms with Crippen LogP contribution in [0, 0.1) is 13.8 Å². The highest BCUT2D eigenvalue weighted by molar-refractivity contribution is 6.05. The minimum Gasteiger partial charge on any atom is -0.322 e. The van der Waals surface area contributed by atoms with Crippen LogP contribution in [0.15, 0.2) is 36.4 Å². The van der Waals surface area contributed by atoms with E-state index < -0.39 is 0 Å². The van der Waals surface area contributed by atoms with Crippen molar-refractivity contribution >= 4 is 23.2 Å². The minimum absolute atomic E-state index is 0.119. The number of fused-ring (bicyclic) bond motifs is 1. The third-order valence-electron chi connectivity index (χ3n) is 4.48. The van der Waals surface area contributed by atoms with Crippen molar-refractivity contribution in [3.8, 4) is 0 Å². The molecule has 0 aliphatic carbocycles. The van der Waals surface area contributed by atoms with Gasteiger partial charge in [-0.25, -0.2) is 0 Å². The molecule has 0 atom stereocenters. The summed E-state index contributed by atoms with van der Waals surface area (Å²) in [7, 11) is 0. The second-order valence-corrected chi connectivity index (χ2v) is 6.26. The van der Waals surface area contributed by atoms with E-state index in [1.165, 1.54) is 0 Å². The predicted molar refractivity (Wildman–Crippen MR) is 96.7 cm³/mol. The zero-order valence-corrected chi connectivity index (χ0v) is 14.3. The smallest absolute Gasteiger partial charge is 0.255 e. The molecular formula is C20H22N2O2. The van der Waals surface area contributed by atoms with E-state index in [1.54, 1.807) is 6.07 Å². The van der Waals surface area contributed by atoms with Gasteiger partial charge < -0.3 is 10.2 Å². The Morgan fingerprint density at radius 1 is 1.12 bits per heavy atom. The summed E-state index contributed by atoms with van der Waals surface area (Å²) in [6.07, 6.45) is 1.29. The highest BCUT2D eigenvalue weighted by atomic mass is 16.2. The summed E-state index contributed by atoms with van der Waals surface area (Å²) >= 11 is 0. The molecule has 3 rings (SSSR count). The van der Waals surface area contributed by atoms with Crippen molar-refractivity contribution in [2.45, 2.75) is 33.6 Å². The van der Waals surface area contributed by atoms with Crippen LogP contribution >= 0.6 is 0 Å². The fourth-order valence-electron chi connectivity index (χ4n) is 3.06. The van der Waals surface area contributed by atoms with E-state index in [0.29, 0.717) is 18.5 Å². The Bertz CT molecular complexity index is 811. The molecular weight excluding hydrogens is 300 g/mol. The molecule has 4 heteroatoms. The van der Waals surface area contributed by atoms with Gasteiger partial charge in [0.05, 0.1) is 0 Å². The van der Waals surface area contributed by atoms with Gasteiger partial charge in [-0.3, -0.25) is 9.59 Å². The first-order valence-electron chi connectivity index (χ1n) is 8.31. The van der Waals surface area contributed by atoms with Gasteiger partial charge >= 0.3 is 0 Å². The van der Waals surface area contributed by atoms with Crippen LogP contribution in [0.3, 0.4) is 0 Å². The molecule has 24 heavy (non-hydrogen) atoms. The van der Waals surface area contributed by atoms with Gasteiger partial charge in [0.2, 0.25) is 5.91 Å². The Labute approximate surface area is 142 Å². The number of carbonyl (C=O) groups excluding carboxylic acids is 2. The number of hydrogen-bond acceptors (Lipinski definition) is 2. The first-order chi connectivity index (χ1) is 11.5. The van der Waals surface area contributed by atoms with E-state index in [-0.39, 0.29) is 11.8 Å². The number of rotatable bonds is 3. The van der Waals surface area contributed by atoms with Crippen molar-refractivity contribution in [3.63, 3.8) is 0 Å². The van der Waals surface area contributed by atoms with Crippen molar-refractivity contribution in [1.29, 1.82) is 0 Å². The first kappa shape index (κ1) is 16.2. The Morgan fingerprint density at radius 3 is 2.67 bits per heavy atom. The zero-order chi connectivity index (χ0) is 17.3. The number of carbonyl (C=O) groups is 2. The van der Waals surface area contributed by atoms with Gasteiger partial charge in [0, 0.05) is 29.9 Å². The first-order valence-corrected chi connectivity index (χ1v) is 8.31. The number of benzene rings is 2. The maximum Gasteiger partial charge on any atom is 0.255 e. The van der Waals surface area contributed by atoms with Crippen LogP contribution in [0.25, 0.3) is 0 Å². The summed E-state index contributed by atoms with van der Waals surface area (Å²) in [4.78, 5) is 26.3. The molecule has 1 aliphatic heterocycles. The van der Waals surface area contributed by atoms with Crippen molar-refractivity contribution in [1.82, 2.24) is 0 Å². The number of nitrogens with zero attached hydrogens (tertiary/aromatic N) is 1. The van der Waals surface area contributed by atoms with Gasteiger partial charge in [-0.05, 0) is 61.2 Å². The quantitative estimate of drug-likeness (QED) is 0.933. The van der Waals surface area contributed by atoms with Crippen LogP contribution < -0.4 is 10.2 Å². The lowest BCUT2D eigenvalue weighted by Crippen LogP contribution is -2.27. The molecule has 2 aromatic carbocycles. The second-order valence-electron chi connectivity index (χ2n) is 6.26. The van der Waals surface area contributed by atoms with E-state index in [2.05, 4.69) is 5.32 Å². The summed E-state index contributed by atoms with van der Waals surface area (Å²) in [6.45, 7) is 6.55. The maximum atomic E-state index is 12.6. The molecule has 0 bridgehead atoms. The highest BCUT2D eigenvalue weighted by Gasteiger charge is 2.24. The molecule has 1 N–H and O–H groups in total. The maximum absolute atomic E-state index is 12.6. The Hall–Kier alpha value is -2.62. The third-order valence-corrected chi connectivity index (χ3v) is 4.48. The number of nitrogens with one attached hydrogen (secondary N) is 1. The Balaban J connectivity index is 1.82. The fourth-order valence-corrected chi connectivity index (χ4v) is 3.06. The predicted octanol–water partition coefficient (Wildman–Crippen LogP) is 3.85. The Morgan fingerprint density at radius 2 is 1.92 bits per heavy atom. The SMILES string of the molecule is CCC(=O)N1CCc2cc(C(=O)Nc3cc(C)ccc3C)ccc21. The lowest BCUT2D eigenvalue weighted by atomic mass is 10.1. The van der Waals surface area contributed by atoms with Crippen molar-refractivity contribution < 1.29 is 9.59 Å². The molecule has 4 nitrogen and oxygen atoms in total. The van der Waals surface area contributed by atoms with Crippen molar-refractivity contribution in [2.75, 3.05) is 16.8 Å². The van der Waals surface area contributed by atoms with Crippen LogP contribution in [0.5, 0.6) is 0 Å². The number of hydrogen-bond donors (Lipinski definition) is 1. The summed E-state index contributed by atoms with van der Waals surface area (Å²) in [6, 6.07) is 11.6. The largest absolute Gasteiger partial charge is 0.322 e. The molecule has 2 aromatic rings. The summed E-state index contributed by atoms with van der Waals surface area (Å²) in [5.74, 6) is 0.00750. The van der Waals surface area contributed by atoms with Crippen LogP contribution in [0.1, 0.15) is 40.4 Å². The topological polar surface area (TPSA) is 49.4 Å². The molecule has 1 aliphatic rings. The van der Waals surface area contributed by atoms with Gasteiger partial charge in [0.15, 0.2) is 0 Å². The van der Waals surface area contributed by atoms with Crippen LogP contribution in [0.2, 0.25) is 0 Å². The highest BCUT2D eigenvalue weighted by Crippen LogP contribution is 2.29. The van der Waals surface area contributed by atoms with Gasteiger partial charge in [-0.1, -0.05) is 19.1 Å². The van der Waals surface area contributed by atoms with Crippen molar-refractivity contribution in [2.24, 2.45) is 0 Å². The number of anilines is 2. The van der Waals surface area contributed by atoms with Crippen LogP contribution in [-0.4, -0.2) is 18.4 Å². The van der Waals surface area contributed by atoms with E-state index >= 15 is 0 Å². The monoisotopic (exact) mass is 322 g/mol. The van der Waals surface area contributed by atoms with Gasteiger partial charge in [-0.2, -0.15) is 0 Å². The molecule has 0 aromatic heterocycles. The van der Waals surface area contributed by atoms with Gasteiger partial charge in [-0.15, -0.1) is 0 Å². The third kappa shape index (κ3) is 3.04. The average molecular weight is 322 g/mol. The van der Waals surface area contributed by atoms with Crippen molar-refractivity contribution in [3.05, 3.63) is 58.7 Å². The van der Waals surface area contributed by atoms with E-state index in [9.17, 15) is 9.59 Å². The Kier molecular flexibility index (Phi) is 4.38. The van der Waals surface area contributed by atoms with E-state index in [0.717, 1.165) is 34.5 Å². The van der Waals surface area contributed by atoms with Gasteiger partial charge in [0.1, 0.15) is 0 Å². The average Bonchev–Trinajstić information content (AvgIpc) is 3.00. The number of aryl methyl sites for hydroxylation is 2. The molecule has 1 heterocycles. The second kappa shape index (κ2) is 6.48. The number of amides is 2. The van der Waals surface area contributed by atoms with Crippen LogP contribution in [-0.2, 0) is 11.2 Å². The fraction of sp³-hybridized carbons (Fsp3) is 0.300. The standard InChI is InChI=1S/C20H22N2O2/c1-4-19(23)22-10-9-15-12-16(7-8-18(15)22)20(24)21-17-11-13(2)5-6-14(17)3/h5-8,11-12H,4,9-10H2,1-3H3,(H,21,24). The van der Waals surface area contributed by atoms with E-state index in [1.807, 2.05) is 56.0 Å². The van der Waals surface area contributed by atoms with Crippen LogP contribution in [0.4, 0.5) is 11.4 Å². The summed E-state index contributed by atoms with van der Waals surface area (Å²) < 4.78 is 0. The molecule has 0 unspecified atom stereocenters. The normalized spacial score (nSPS) is 12.9. The van der Waals surface area contributed by atoms with Gasteiger partial charge in [0.25, 0.3) is 5.91 Å². The molecule has 2 amide bonds. The molecule has 0 spiro atoms. The zero-order valence-electron chi connectivity index (χ0n) is 14.3.